The molecule has 1 aliphatic heterocycles. The molecular weight excluding hydrogens is 408 g/mol. The highest BCUT2D eigenvalue weighted by atomic mass is 15.3. The van der Waals surface area contributed by atoms with Crippen molar-refractivity contribution in [2.24, 2.45) is 0 Å². The lowest BCUT2D eigenvalue weighted by Crippen LogP contribution is -2.47. The van der Waals surface area contributed by atoms with E-state index in [1.807, 2.05) is 30.7 Å². The number of aromatic nitrogens is 4. The number of nitrogens with zero attached hydrogens (tertiary/aromatic N) is 6. The topological polar surface area (TPSA) is 58.0 Å². The number of pyridine rings is 2. The highest BCUT2D eigenvalue weighted by Gasteiger charge is 2.22. The van der Waals surface area contributed by atoms with Crippen molar-refractivity contribution in [3.63, 3.8) is 0 Å². The van der Waals surface area contributed by atoms with E-state index >= 15 is 0 Å². The molecule has 4 aromatic rings. The predicted molar refractivity (Wildman–Crippen MR) is 134 cm³/mol. The van der Waals surface area contributed by atoms with E-state index in [1.54, 1.807) is 0 Å². The Morgan fingerprint density at radius 3 is 2.15 bits per heavy atom. The Kier molecular flexibility index (Phi) is 5.67. The van der Waals surface area contributed by atoms with Gasteiger partial charge in [0.1, 0.15) is 5.82 Å². The monoisotopic (exact) mass is 438 g/mol. The molecule has 1 aliphatic rings. The minimum atomic E-state index is 0.119. The molecule has 1 saturated heterocycles. The normalized spacial score (nSPS) is 14.6. The second-order valence-corrected chi connectivity index (χ2v) is 9.68. The summed E-state index contributed by atoms with van der Waals surface area (Å²) in [5.74, 6) is 2.02. The number of fused-ring (bicyclic) bond motifs is 1. The van der Waals surface area contributed by atoms with Crippen LogP contribution in [-0.2, 0) is 11.8 Å². The van der Waals surface area contributed by atoms with Crippen LogP contribution in [0.4, 0.5) is 11.6 Å². The van der Waals surface area contributed by atoms with E-state index in [0.717, 1.165) is 55.3 Å². The van der Waals surface area contributed by atoms with Crippen molar-refractivity contribution < 1.29 is 0 Å². The molecule has 33 heavy (non-hydrogen) atoms. The Bertz CT molecular complexity index is 1220. The van der Waals surface area contributed by atoms with Crippen LogP contribution in [0.25, 0.3) is 10.8 Å². The number of piperazine rings is 1. The van der Waals surface area contributed by atoms with Crippen molar-refractivity contribution >= 4 is 22.4 Å². The molecule has 0 spiro atoms. The first-order chi connectivity index (χ1) is 16.0. The maximum Gasteiger partial charge on any atom is 0.159 e. The van der Waals surface area contributed by atoms with Gasteiger partial charge in [-0.1, -0.05) is 51.1 Å². The molecule has 4 heterocycles. The average Bonchev–Trinajstić information content (AvgIpc) is 2.85. The molecule has 0 N–H and O–H groups in total. The van der Waals surface area contributed by atoms with Gasteiger partial charge in [-0.25, -0.2) is 4.98 Å². The molecule has 0 atom stereocenters. The fourth-order valence-corrected chi connectivity index (χ4v) is 4.37. The van der Waals surface area contributed by atoms with Gasteiger partial charge in [0, 0.05) is 62.0 Å². The van der Waals surface area contributed by atoms with Gasteiger partial charge in [0.2, 0.25) is 0 Å². The van der Waals surface area contributed by atoms with Gasteiger partial charge in [-0.15, -0.1) is 5.10 Å². The Balaban J connectivity index is 1.34. The average molecular weight is 439 g/mol. The maximum atomic E-state index is 4.74. The van der Waals surface area contributed by atoms with Crippen molar-refractivity contribution in [1.82, 2.24) is 20.2 Å². The molecule has 0 radical (unpaired) electrons. The van der Waals surface area contributed by atoms with Crippen molar-refractivity contribution in [3.05, 3.63) is 83.9 Å². The van der Waals surface area contributed by atoms with Gasteiger partial charge in [-0.05, 0) is 34.7 Å². The molecule has 0 amide bonds. The predicted octanol–water partition coefficient (Wildman–Crippen LogP) is 4.63. The van der Waals surface area contributed by atoms with Gasteiger partial charge in [-0.2, -0.15) is 5.10 Å². The summed E-state index contributed by atoms with van der Waals surface area (Å²) >= 11 is 0. The van der Waals surface area contributed by atoms with E-state index in [-0.39, 0.29) is 5.41 Å². The summed E-state index contributed by atoms with van der Waals surface area (Å²) in [6.45, 7) is 10.3. The largest absolute Gasteiger partial charge is 0.353 e. The number of hydrogen-bond donors (Lipinski definition) is 0. The van der Waals surface area contributed by atoms with Crippen LogP contribution >= 0.6 is 0 Å². The zero-order chi connectivity index (χ0) is 22.8. The molecule has 6 nitrogen and oxygen atoms in total. The second kappa shape index (κ2) is 8.77. The molecule has 0 saturated carbocycles. The molecule has 3 aromatic heterocycles. The van der Waals surface area contributed by atoms with Crippen molar-refractivity contribution in [3.8, 4) is 0 Å². The number of hydrogen-bond acceptors (Lipinski definition) is 6. The van der Waals surface area contributed by atoms with E-state index in [4.69, 9.17) is 4.98 Å². The van der Waals surface area contributed by atoms with E-state index < -0.39 is 0 Å². The highest BCUT2D eigenvalue weighted by molar-refractivity contribution is 5.93. The highest BCUT2D eigenvalue weighted by Crippen LogP contribution is 2.29. The molecular formula is C27H30N6. The minimum absolute atomic E-state index is 0.119. The van der Waals surface area contributed by atoms with E-state index in [0.29, 0.717) is 0 Å². The zero-order valence-corrected chi connectivity index (χ0v) is 19.6. The molecule has 0 bridgehead atoms. The summed E-state index contributed by atoms with van der Waals surface area (Å²) < 4.78 is 0. The van der Waals surface area contributed by atoms with Crippen LogP contribution in [0.5, 0.6) is 0 Å². The zero-order valence-electron chi connectivity index (χ0n) is 19.6. The Labute approximate surface area is 195 Å². The van der Waals surface area contributed by atoms with Crippen LogP contribution in [0.3, 0.4) is 0 Å². The van der Waals surface area contributed by atoms with Gasteiger partial charge in [-0.3, -0.25) is 4.98 Å². The van der Waals surface area contributed by atoms with Crippen LogP contribution in [0, 0.1) is 0 Å². The lowest BCUT2D eigenvalue weighted by molar-refractivity contribution is 0.586. The van der Waals surface area contributed by atoms with Gasteiger partial charge in [0.15, 0.2) is 5.82 Å². The Morgan fingerprint density at radius 2 is 1.48 bits per heavy atom. The van der Waals surface area contributed by atoms with Gasteiger partial charge >= 0.3 is 0 Å². The first kappa shape index (κ1) is 21.3. The summed E-state index contributed by atoms with van der Waals surface area (Å²) in [6.07, 6.45) is 6.41. The first-order valence-electron chi connectivity index (χ1n) is 11.6. The van der Waals surface area contributed by atoms with Gasteiger partial charge < -0.3 is 9.80 Å². The smallest absolute Gasteiger partial charge is 0.159 e. The molecule has 6 heteroatoms. The molecule has 0 unspecified atom stereocenters. The third-order valence-corrected chi connectivity index (χ3v) is 6.38. The van der Waals surface area contributed by atoms with Crippen molar-refractivity contribution in [2.45, 2.75) is 32.6 Å². The lowest BCUT2D eigenvalue weighted by atomic mass is 9.88. The summed E-state index contributed by atoms with van der Waals surface area (Å²) in [4.78, 5) is 13.6. The van der Waals surface area contributed by atoms with Crippen molar-refractivity contribution in [1.29, 1.82) is 0 Å². The Hall–Kier alpha value is -3.54. The van der Waals surface area contributed by atoms with Crippen LogP contribution in [0.15, 0.2) is 67.1 Å². The number of benzene rings is 1. The molecule has 5 rings (SSSR count). The van der Waals surface area contributed by atoms with E-state index in [2.05, 4.69) is 82.2 Å². The Morgan fingerprint density at radius 1 is 0.788 bits per heavy atom. The van der Waals surface area contributed by atoms with Crippen LogP contribution in [0.1, 0.15) is 37.6 Å². The molecule has 1 aromatic carbocycles. The number of rotatable bonds is 4. The quantitative estimate of drug-likeness (QED) is 0.463. The number of anilines is 2. The maximum absolute atomic E-state index is 4.74. The summed E-state index contributed by atoms with van der Waals surface area (Å²) in [5, 5.41) is 11.7. The fraction of sp³-hybridized carbons (Fsp3) is 0.333. The lowest BCUT2D eigenvalue weighted by Gasteiger charge is -2.36. The second-order valence-electron chi connectivity index (χ2n) is 9.68. The molecule has 168 valence electrons. The van der Waals surface area contributed by atoms with Gasteiger partial charge in [0.05, 0.1) is 5.69 Å². The fourth-order valence-electron chi connectivity index (χ4n) is 4.37. The SMILES string of the molecule is CC(C)(C)c1ccc(N2CCN(c3nnc(Cc4ccncc4)c4ccccc34)CC2)nc1. The third-order valence-electron chi connectivity index (χ3n) is 6.38. The van der Waals surface area contributed by atoms with Crippen LogP contribution in [-0.4, -0.2) is 46.3 Å². The summed E-state index contributed by atoms with van der Waals surface area (Å²) in [7, 11) is 0. The molecule has 1 fully saturated rings. The third kappa shape index (κ3) is 4.51. The van der Waals surface area contributed by atoms with Crippen LogP contribution < -0.4 is 9.80 Å². The standard InChI is InChI=1S/C27H30N6/c1-27(2,3)21-8-9-25(29-19-21)32-14-16-33(17-15-32)26-23-7-5-4-6-22(23)24(30-31-26)18-20-10-12-28-13-11-20/h4-13,19H,14-18H2,1-3H3. The van der Waals surface area contributed by atoms with Gasteiger partial charge in [0.25, 0.3) is 0 Å². The first-order valence-corrected chi connectivity index (χ1v) is 11.6. The molecule has 0 aliphatic carbocycles. The van der Waals surface area contributed by atoms with Crippen LogP contribution in [0.2, 0.25) is 0 Å². The summed E-state index contributed by atoms with van der Waals surface area (Å²) in [5.41, 5.74) is 3.57. The van der Waals surface area contributed by atoms with Crippen molar-refractivity contribution in [2.75, 3.05) is 36.0 Å². The van der Waals surface area contributed by atoms with E-state index in [9.17, 15) is 0 Å². The van der Waals surface area contributed by atoms with E-state index in [1.165, 1.54) is 16.5 Å². The summed E-state index contributed by atoms with van der Waals surface area (Å²) in [6, 6.07) is 16.9. The minimum Gasteiger partial charge on any atom is -0.353 e.